The van der Waals surface area contributed by atoms with Crippen molar-refractivity contribution in [2.24, 2.45) is 0 Å². The number of non-ortho nitro benzene ring substituents is 2. The number of allylic oxidation sites excluding steroid dienone is 2. The minimum atomic E-state index is -0.449. The molecule has 0 radical (unpaired) electrons. The standard InChI is InChI=1S/C25H21N5O5S/c1-36-25-27-23-21(24(31)28-25)20(15-7-11-18(12-8-15)30(34)35)19-4-2-3-16(22(19)26-23)13-14-5-9-17(10-6-14)29(32)33/h5-13,20H,2-4H2,1H3,(H2,26,27,28,31)/b16-13+. The van der Waals surface area contributed by atoms with E-state index in [-0.39, 0.29) is 16.9 Å². The average Bonchev–Trinajstić information content (AvgIpc) is 2.88. The van der Waals surface area contributed by atoms with Gasteiger partial charge in [0, 0.05) is 35.9 Å². The summed E-state index contributed by atoms with van der Waals surface area (Å²) in [6.45, 7) is 0. The van der Waals surface area contributed by atoms with Gasteiger partial charge in [0.2, 0.25) is 0 Å². The molecule has 10 nitrogen and oxygen atoms in total. The van der Waals surface area contributed by atoms with Gasteiger partial charge in [-0.25, -0.2) is 4.98 Å². The van der Waals surface area contributed by atoms with Crippen LogP contribution in [0.15, 0.2) is 75.3 Å². The number of nitrogens with zero attached hydrogens (tertiary/aromatic N) is 3. The molecule has 0 fully saturated rings. The van der Waals surface area contributed by atoms with Crippen molar-refractivity contribution >= 4 is 35.0 Å². The number of aromatic nitrogens is 2. The Bertz CT molecular complexity index is 1490. The van der Waals surface area contributed by atoms with Gasteiger partial charge in [0.1, 0.15) is 5.82 Å². The minimum absolute atomic E-state index is 0.0192. The Morgan fingerprint density at radius 2 is 1.64 bits per heavy atom. The molecular formula is C25H21N5O5S. The summed E-state index contributed by atoms with van der Waals surface area (Å²) >= 11 is 1.33. The van der Waals surface area contributed by atoms with Crippen LogP contribution in [0.1, 0.15) is 41.9 Å². The molecule has 0 spiro atoms. The minimum Gasteiger partial charge on any atom is -0.340 e. The van der Waals surface area contributed by atoms with Gasteiger partial charge in [-0.15, -0.1) is 0 Å². The molecule has 3 aromatic rings. The third-order valence-corrected chi connectivity index (χ3v) is 7.00. The summed E-state index contributed by atoms with van der Waals surface area (Å²) in [6.07, 6.45) is 6.19. The molecule has 1 aliphatic carbocycles. The SMILES string of the molecule is CSc1nc2c(c(=O)[nH]1)C(c1ccc([N+](=O)[O-])cc1)C1=C(N2)/C(=C/c2ccc([N+](=O)[O-])cc2)CCC1. The van der Waals surface area contributed by atoms with Gasteiger partial charge in [0.25, 0.3) is 16.9 Å². The molecule has 0 saturated carbocycles. The van der Waals surface area contributed by atoms with E-state index in [1.807, 2.05) is 12.3 Å². The molecule has 0 bridgehead atoms. The first-order chi connectivity index (χ1) is 17.4. The summed E-state index contributed by atoms with van der Waals surface area (Å²) < 4.78 is 0. The second kappa shape index (κ2) is 9.42. The fraction of sp³-hybridized carbons (Fsp3) is 0.200. The Morgan fingerprint density at radius 3 is 2.25 bits per heavy atom. The molecule has 2 heterocycles. The maximum atomic E-state index is 13.2. The Hall–Kier alpha value is -4.25. The van der Waals surface area contributed by atoms with E-state index in [4.69, 9.17) is 0 Å². The second-order valence-electron chi connectivity index (χ2n) is 8.52. The van der Waals surface area contributed by atoms with Gasteiger partial charge in [0.15, 0.2) is 5.16 Å². The summed E-state index contributed by atoms with van der Waals surface area (Å²) in [7, 11) is 0. The smallest absolute Gasteiger partial charge is 0.269 e. The molecule has 2 N–H and O–H groups in total. The van der Waals surface area contributed by atoms with Gasteiger partial charge in [-0.2, -0.15) is 0 Å². The van der Waals surface area contributed by atoms with Crippen molar-refractivity contribution in [3.63, 3.8) is 0 Å². The van der Waals surface area contributed by atoms with Crippen molar-refractivity contribution in [1.29, 1.82) is 0 Å². The van der Waals surface area contributed by atoms with E-state index in [9.17, 15) is 25.0 Å². The highest BCUT2D eigenvalue weighted by Crippen LogP contribution is 2.46. The van der Waals surface area contributed by atoms with Crippen LogP contribution in [0, 0.1) is 20.2 Å². The molecule has 2 aromatic carbocycles. The molecule has 36 heavy (non-hydrogen) atoms. The predicted octanol–water partition coefficient (Wildman–Crippen LogP) is 5.39. The molecular weight excluding hydrogens is 482 g/mol. The summed E-state index contributed by atoms with van der Waals surface area (Å²) in [6, 6.07) is 12.6. The molecule has 1 unspecified atom stereocenters. The zero-order chi connectivity index (χ0) is 25.4. The normalized spacial score (nSPS) is 17.8. The maximum absolute atomic E-state index is 13.2. The molecule has 0 amide bonds. The third kappa shape index (κ3) is 4.29. The van der Waals surface area contributed by atoms with Crippen LogP contribution in [0.25, 0.3) is 6.08 Å². The molecule has 0 saturated heterocycles. The quantitative estimate of drug-likeness (QED) is 0.204. The van der Waals surface area contributed by atoms with E-state index in [0.29, 0.717) is 16.5 Å². The van der Waals surface area contributed by atoms with Gasteiger partial charge in [-0.3, -0.25) is 25.0 Å². The molecule has 1 aliphatic heterocycles. The van der Waals surface area contributed by atoms with E-state index >= 15 is 0 Å². The largest absolute Gasteiger partial charge is 0.340 e. The van der Waals surface area contributed by atoms with Crippen molar-refractivity contribution in [3.05, 3.63) is 113 Å². The Kier molecular flexibility index (Phi) is 6.15. The van der Waals surface area contributed by atoms with Crippen LogP contribution in [-0.2, 0) is 0 Å². The summed E-state index contributed by atoms with van der Waals surface area (Å²) in [4.78, 5) is 42.0. The van der Waals surface area contributed by atoms with Crippen molar-refractivity contribution in [3.8, 4) is 0 Å². The fourth-order valence-corrected chi connectivity index (χ4v) is 5.16. The lowest BCUT2D eigenvalue weighted by atomic mass is 9.75. The summed E-state index contributed by atoms with van der Waals surface area (Å²) in [5.74, 6) is 0.0477. The second-order valence-corrected chi connectivity index (χ2v) is 9.31. The third-order valence-electron chi connectivity index (χ3n) is 6.42. The number of hydrogen-bond donors (Lipinski definition) is 2. The lowest BCUT2D eigenvalue weighted by molar-refractivity contribution is -0.385. The number of thioether (sulfide) groups is 1. The van der Waals surface area contributed by atoms with Gasteiger partial charge >= 0.3 is 0 Å². The highest BCUT2D eigenvalue weighted by atomic mass is 32.2. The maximum Gasteiger partial charge on any atom is 0.269 e. The van der Waals surface area contributed by atoms with Crippen molar-refractivity contribution < 1.29 is 9.85 Å². The molecule has 1 aromatic heterocycles. The van der Waals surface area contributed by atoms with E-state index in [2.05, 4.69) is 15.3 Å². The van der Waals surface area contributed by atoms with Crippen molar-refractivity contribution in [2.45, 2.75) is 30.3 Å². The van der Waals surface area contributed by atoms with Gasteiger partial charge < -0.3 is 10.3 Å². The van der Waals surface area contributed by atoms with Gasteiger partial charge in [-0.05, 0) is 66.0 Å². The number of aromatic amines is 1. The number of nitro groups is 2. The number of nitro benzene ring substituents is 2. The first kappa shape index (κ1) is 23.5. The number of nitrogens with one attached hydrogen (secondary N) is 2. The number of rotatable bonds is 5. The van der Waals surface area contributed by atoms with Crippen LogP contribution in [0.4, 0.5) is 17.2 Å². The Balaban J connectivity index is 1.66. The summed E-state index contributed by atoms with van der Waals surface area (Å²) in [5.41, 5.74) is 4.74. The number of anilines is 1. The monoisotopic (exact) mass is 503 g/mol. The highest BCUT2D eigenvalue weighted by Gasteiger charge is 2.35. The zero-order valence-electron chi connectivity index (χ0n) is 19.2. The van der Waals surface area contributed by atoms with Crippen LogP contribution in [0.3, 0.4) is 0 Å². The molecule has 1 atom stereocenters. The zero-order valence-corrected chi connectivity index (χ0v) is 20.0. The summed E-state index contributed by atoms with van der Waals surface area (Å²) in [5, 5.41) is 26.1. The lowest BCUT2D eigenvalue weighted by Gasteiger charge is -2.35. The number of H-pyrrole nitrogens is 1. The Labute approximate surface area is 209 Å². The highest BCUT2D eigenvalue weighted by molar-refractivity contribution is 7.98. The first-order valence-electron chi connectivity index (χ1n) is 11.2. The van der Waals surface area contributed by atoms with E-state index in [1.54, 1.807) is 24.3 Å². The van der Waals surface area contributed by atoms with Crippen molar-refractivity contribution in [1.82, 2.24) is 9.97 Å². The fourth-order valence-electron chi connectivity index (χ4n) is 4.78. The van der Waals surface area contributed by atoms with Crippen LogP contribution in [0.2, 0.25) is 0 Å². The van der Waals surface area contributed by atoms with Gasteiger partial charge in [0.05, 0.1) is 15.4 Å². The number of hydrogen-bond acceptors (Lipinski definition) is 8. The molecule has 5 rings (SSSR count). The van der Waals surface area contributed by atoms with Crippen LogP contribution in [-0.4, -0.2) is 26.1 Å². The Morgan fingerprint density at radius 1 is 1.00 bits per heavy atom. The average molecular weight is 504 g/mol. The first-order valence-corrected chi connectivity index (χ1v) is 12.5. The topological polar surface area (TPSA) is 144 Å². The predicted molar refractivity (Wildman–Crippen MR) is 137 cm³/mol. The number of benzene rings is 2. The van der Waals surface area contributed by atoms with Crippen LogP contribution >= 0.6 is 11.8 Å². The lowest BCUT2D eigenvalue weighted by Crippen LogP contribution is -2.30. The van der Waals surface area contributed by atoms with E-state index < -0.39 is 15.8 Å². The van der Waals surface area contributed by atoms with Gasteiger partial charge in [-0.1, -0.05) is 23.9 Å². The number of fused-ring (bicyclic) bond motifs is 1. The van der Waals surface area contributed by atoms with Crippen molar-refractivity contribution in [2.75, 3.05) is 11.6 Å². The molecule has 11 heteroatoms. The van der Waals surface area contributed by atoms with Crippen LogP contribution < -0.4 is 10.9 Å². The molecule has 182 valence electrons. The van der Waals surface area contributed by atoms with E-state index in [1.165, 1.54) is 36.0 Å². The van der Waals surface area contributed by atoms with Crippen LogP contribution in [0.5, 0.6) is 0 Å². The molecule has 2 aliphatic rings. The van der Waals surface area contributed by atoms with E-state index in [0.717, 1.165) is 47.2 Å².